The SMILES string of the molecule is C[C@@H](C(=O)NC1CC1)S(=O)(=O)Cc1ccc(Cl)c(Cl)c1. The molecule has 20 heavy (non-hydrogen) atoms. The molecule has 4 nitrogen and oxygen atoms in total. The molecule has 0 unspecified atom stereocenters. The van der Waals surface area contributed by atoms with Gasteiger partial charge in [0.05, 0.1) is 15.8 Å². The molecule has 1 fully saturated rings. The number of carbonyl (C=O) groups is 1. The summed E-state index contributed by atoms with van der Waals surface area (Å²) in [5, 5.41) is 2.30. The number of sulfone groups is 1. The van der Waals surface area contributed by atoms with E-state index in [1.807, 2.05) is 0 Å². The van der Waals surface area contributed by atoms with Crippen LogP contribution < -0.4 is 5.32 Å². The quantitative estimate of drug-likeness (QED) is 0.899. The molecule has 2 rings (SSSR count). The van der Waals surface area contributed by atoms with Crippen molar-refractivity contribution in [2.75, 3.05) is 0 Å². The minimum Gasteiger partial charge on any atom is -0.352 e. The van der Waals surface area contributed by atoms with Gasteiger partial charge in [-0.05, 0) is 37.5 Å². The van der Waals surface area contributed by atoms with Gasteiger partial charge in [-0.15, -0.1) is 0 Å². The van der Waals surface area contributed by atoms with E-state index in [1.165, 1.54) is 13.0 Å². The third-order valence-electron chi connectivity index (χ3n) is 3.18. The number of nitrogens with one attached hydrogen (secondary N) is 1. The molecule has 0 aliphatic heterocycles. The number of hydrogen-bond donors (Lipinski definition) is 1. The van der Waals surface area contributed by atoms with Crippen molar-refractivity contribution in [3.05, 3.63) is 33.8 Å². The highest BCUT2D eigenvalue weighted by Crippen LogP contribution is 2.24. The largest absolute Gasteiger partial charge is 0.352 e. The van der Waals surface area contributed by atoms with Gasteiger partial charge in [0, 0.05) is 6.04 Å². The lowest BCUT2D eigenvalue weighted by Crippen LogP contribution is -2.39. The summed E-state index contributed by atoms with van der Waals surface area (Å²) in [6.07, 6.45) is 1.84. The van der Waals surface area contributed by atoms with E-state index in [2.05, 4.69) is 5.32 Å². The smallest absolute Gasteiger partial charge is 0.238 e. The Bertz CT molecular complexity index is 627. The first-order valence-electron chi connectivity index (χ1n) is 6.25. The average molecular weight is 336 g/mol. The molecule has 1 aliphatic carbocycles. The van der Waals surface area contributed by atoms with Crippen molar-refractivity contribution in [3.63, 3.8) is 0 Å². The summed E-state index contributed by atoms with van der Waals surface area (Å²) in [6.45, 7) is 1.41. The van der Waals surface area contributed by atoms with Gasteiger partial charge < -0.3 is 5.32 Å². The van der Waals surface area contributed by atoms with Crippen molar-refractivity contribution >= 4 is 38.9 Å². The highest BCUT2D eigenvalue weighted by Gasteiger charge is 2.32. The molecule has 0 saturated heterocycles. The molecule has 1 aromatic carbocycles. The van der Waals surface area contributed by atoms with Gasteiger partial charge in [0.1, 0.15) is 5.25 Å². The minimum absolute atomic E-state index is 0.144. The predicted octanol–water partition coefficient (Wildman–Crippen LogP) is 2.58. The second-order valence-electron chi connectivity index (χ2n) is 4.98. The van der Waals surface area contributed by atoms with Crippen LogP contribution in [0.15, 0.2) is 18.2 Å². The molecule has 1 aliphatic rings. The molecule has 1 aromatic rings. The highest BCUT2D eigenvalue weighted by molar-refractivity contribution is 7.92. The molecule has 0 aromatic heterocycles. The van der Waals surface area contributed by atoms with Crippen LogP contribution in [-0.4, -0.2) is 25.6 Å². The van der Waals surface area contributed by atoms with E-state index in [9.17, 15) is 13.2 Å². The van der Waals surface area contributed by atoms with E-state index in [0.29, 0.717) is 15.6 Å². The fourth-order valence-corrected chi connectivity index (χ4v) is 3.31. The zero-order valence-corrected chi connectivity index (χ0v) is 13.2. The Morgan fingerprint density at radius 3 is 2.55 bits per heavy atom. The predicted molar refractivity (Wildman–Crippen MR) is 79.7 cm³/mol. The topological polar surface area (TPSA) is 63.2 Å². The van der Waals surface area contributed by atoms with Crippen LogP contribution in [0.25, 0.3) is 0 Å². The Morgan fingerprint density at radius 1 is 1.35 bits per heavy atom. The first kappa shape index (κ1) is 15.6. The summed E-state index contributed by atoms with van der Waals surface area (Å²) in [4.78, 5) is 11.8. The second-order valence-corrected chi connectivity index (χ2v) is 8.12. The number of hydrogen-bond acceptors (Lipinski definition) is 3. The summed E-state index contributed by atoms with van der Waals surface area (Å²) in [7, 11) is -3.57. The molecular formula is C13H15Cl2NO3S. The molecule has 7 heteroatoms. The summed E-state index contributed by atoms with van der Waals surface area (Å²) in [5.41, 5.74) is 0.519. The van der Waals surface area contributed by atoms with Gasteiger partial charge in [0.2, 0.25) is 5.91 Å². The Kier molecular flexibility index (Phi) is 4.62. The van der Waals surface area contributed by atoms with Crippen molar-refractivity contribution < 1.29 is 13.2 Å². The van der Waals surface area contributed by atoms with Crippen molar-refractivity contribution in [1.82, 2.24) is 5.32 Å². The maximum atomic E-state index is 12.2. The van der Waals surface area contributed by atoms with Crippen LogP contribution in [0.3, 0.4) is 0 Å². The van der Waals surface area contributed by atoms with Crippen LogP contribution in [0.1, 0.15) is 25.3 Å². The first-order chi connectivity index (χ1) is 9.29. The standard InChI is InChI=1S/C13H15Cl2NO3S/c1-8(13(17)16-10-3-4-10)20(18,19)7-9-2-5-11(14)12(15)6-9/h2,5-6,8,10H,3-4,7H2,1H3,(H,16,17)/t8-/m0/s1. The van der Waals surface area contributed by atoms with Crippen LogP contribution >= 0.6 is 23.2 Å². The maximum absolute atomic E-state index is 12.2. The maximum Gasteiger partial charge on any atom is 0.238 e. The van der Waals surface area contributed by atoms with Gasteiger partial charge in [-0.1, -0.05) is 29.3 Å². The molecular weight excluding hydrogens is 321 g/mol. The molecule has 1 amide bonds. The van der Waals surface area contributed by atoms with Gasteiger partial charge in [-0.25, -0.2) is 8.42 Å². The lowest BCUT2D eigenvalue weighted by atomic mass is 10.2. The zero-order valence-electron chi connectivity index (χ0n) is 10.9. The molecule has 0 heterocycles. The minimum atomic E-state index is -3.57. The van der Waals surface area contributed by atoms with Gasteiger partial charge in [-0.3, -0.25) is 4.79 Å². The van der Waals surface area contributed by atoms with Gasteiger partial charge >= 0.3 is 0 Å². The number of carbonyl (C=O) groups excluding carboxylic acids is 1. The molecule has 1 saturated carbocycles. The number of amides is 1. The summed E-state index contributed by atoms with van der Waals surface area (Å²) in [6, 6.07) is 4.79. The summed E-state index contributed by atoms with van der Waals surface area (Å²) < 4.78 is 24.4. The van der Waals surface area contributed by atoms with Gasteiger partial charge in [0.15, 0.2) is 9.84 Å². The Labute approximate surface area is 128 Å². The van der Waals surface area contributed by atoms with E-state index in [4.69, 9.17) is 23.2 Å². The summed E-state index contributed by atoms with van der Waals surface area (Å²) in [5.74, 6) is -0.670. The van der Waals surface area contributed by atoms with Gasteiger partial charge in [0.25, 0.3) is 0 Å². The van der Waals surface area contributed by atoms with E-state index in [-0.39, 0.29) is 11.8 Å². The van der Waals surface area contributed by atoms with Crippen molar-refractivity contribution in [1.29, 1.82) is 0 Å². The molecule has 0 spiro atoms. The van der Waals surface area contributed by atoms with Crippen LogP contribution in [0.4, 0.5) is 0 Å². The number of benzene rings is 1. The first-order valence-corrected chi connectivity index (χ1v) is 8.72. The number of halogens is 2. The molecule has 0 radical (unpaired) electrons. The number of rotatable bonds is 5. The van der Waals surface area contributed by atoms with Crippen molar-refractivity contribution in [2.45, 2.75) is 36.8 Å². The lowest BCUT2D eigenvalue weighted by Gasteiger charge is -2.13. The van der Waals surface area contributed by atoms with E-state index >= 15 is 0 Å². The summed E-state index contributed by atoms with van der Waals surface area (Å²) >= 11 is 11.6. The van der Waals surface area contributed by atoms with E-state index in [0.717, 1.165) is 12.8 Å². The Balaban J connectivity index is 2.08. The fraction of sp³-hybridized carbons (Fsp3) is 0.462. The molecule has 0 bridgehead atoms. The zero-order chi connectivity index (χ0) is 14.9. The lowest BCUT2D eigenvalue weighted by molar-refractivity contribution is -0.120. The van der Waals surface area contributed by atoms with E-state index < -0.39 is 21.0 Å². The van der Waals surface area contributed by atoms with Crippen LogP contribution in [-0.2, 0) is 20.4 Å². The van der Waals surface area contributed by atoms with Crippen LogP contribution in [0.5, 0.6) is 0 Å². The average Bonchev–Trinajstić information content (AvgIpc) is 3.16. The molecule has 1 N–H and O–H groups in total. The third-order valence-corrected chi connectivity index (χ3v) is 5.95. The highest BCUT2D eigenvalue weighted by atomic mass is 35.5. The molecule has 1 atom stereocenters. The van der Waals surface area contributed by atoms with Crippen LogP contribution in [0.2, 0.25) is 10.0 Å². The normalized spacial score (nSPS) is 16.8. The fourth-order valence-electron chi connectivity index (χ4n) is 1.70. The Hall–Kier alpha value is -0.780. The monoisotopic (exact) mass is 335 g/mol. The Morgan fingerprint density at radius 2 is 2.00 bits per heavy atom. The third kappa shape index (κ3) is 3.87. The van der Waals surface area contributed by atoms with Crippen molar-refractivity contribution in [2.24, 2.45) is 0 Å². The van der Waals surface area contributed by atoms with Crippen molar-refractivity contribution in [3.8, 4) is 0 Å². The van der Waals surface area contributed by atoms with E-state index in [1.54, 1.807) is 12.1 Å². The van der Waals surface area contributed by atoms with Crippen LogP contribution in [0, 0.1) is 0 Å². The van der Waals surface area contributed by atoms with Gasteiger partial charge in [-0.2, -0.15) is 0 Å². The second kappa shape index (κ2) is 5.92. The molecule has 110 valence electrons.